The molecule has 1 aromatic heterocycles. The van der Waals surface area contributed by atoms with E-state index in [1.807, 2.05) is 6.92 Å². The average molecular weight is 240 g/mol. The number of hydrogen-bond donors (Lipinski definition) is 1. The van der Waals surface area contributed by atoms with Crippen LogP contribution in [0.25, 0.3) is 11.3 Å². The third kappa shape index (κ3) is 1.65. The zero-order chi connectivity index (χ0) is 12.7. The molecule has 4 nitrogen and oxygen atoms in total. The van der Waals surface area contributed by atoms with Gasteiger partial charge < -0.3 is 5.73 Å². The molecule has 3 rings (SSSR count). The molecule has 0 spiro atoms. The van der Waals surface area contributed by atoms with E-state index in [4.69, 9.17) is 5.73 Å². The van der Waals surface area contributed by atoms with Gasteiger partial charge in [-0.2, -0.15) is 0 Å². The molecule has 1 aliphatic carbocycles. The van der Waals surface area contributed by atoms with Crippen LogP contribution in [0.15, 0.2) is 12.1 Å². The summed E-state index contributed by atoms with van der Waals surface area (Å²) in [5.41, 5.74) is 12.6. The molecule has 0 atom stereocenters. The number of benzene rings is 1. The molecule has 4 heteroatoms. The Hall–Kier alpha value is -1.97. The van der Waals surface area contributed by atoms with Crippen molar-refractivity contribution in [2.45, 2.75) is 33.1 Å². The summed E-state index contributed by atoms with van der Waals surface area (Å²) in [6, 6.07) is 4.34. The molecule has 1 aliphatic rings. The Morgan fingerprint density at radius 3 is 2.72 bits per heavy atom. The lowest BCUT2D eigenvalue weighted by atomic mass is 9.96. The van der Waals surface area contributed by atoms with Gasteiger partial charge in [0.05, 0.1) is 5.69 Å². The monoisotopic (exact) mass is 240 g/mol. The number of nitrogen functional groups attached to an aromatic ring is 1. The first kappa shape index (κ1) is 11.1. The molecule has 0 aliphatic heterocycles. The van der Waals surface area contributed by atoms with Crippen LogP contribution in [-0.2, 0) is 12.8 Å². The molecule has 0 saturated heterocycles. The minimum Gasteiger partial charge on any atom is -0.366 e. The largest absolute Gasteiger partial charge is 0.366 e. The zero-order valence-corrected chi connectivity index (χ0v) is 10.7. The van der Waals surface area contributed by atoms with Crippen LogP contribution in [0.5, 0.6) is 0 Å². The number of aromatic nitrogens is 3. The Kier molecular flexibility index (Phi) is 2.51. The number of aryl methyl sites for hydroxylation is 2. The Labute approximate surface area is 106 Å². The van der Waals surface area contributed by atoms with Crippen molar-refractivity contribution in [1.82, 2.24) is 15.2 Å². The van der Waals surface area contributed by atoms with Crippen LogP contribution in [0.2, 0.25) is 0 Å². The van der Waals surface area contributed by atoms with Crippen molar-refractivity contribution in [3.63, 3.8) is 0 Å². The van der Waals surface area contributed by atoms with E-state index >= 15 is 0 Å². The third-order valence-electron chi connectivity index (χ3n) is 3.70. The van der Waals surface area contributed by atoms with Crippen LogP contribution in [0.3, 0.4) is 0 Å². The van der Waals surface area contributed by atoms with Crippen molar-refractivity contribution in [2.24, 2.45) is 0 Å². The van der Waals surface area contributed by atoms with Gasteiger partial charge in [0, 0.05) is 5.56 Å². The van der Waals surface area contributed by atoms with Gasteiger partial charge >= 0.3 is 0 Å². The number of anilines is 1. The lowest BCUT2D eigenvalue weighted by molar-refractivity contribution is 0.909. The van der Waals surface area contributed by atoms with Gasteiger partial charge in [0.15, 0.2) is 0 Å². The molecule has 92 valence electrons. The molecule has 1 heterocycles. The van der Waals surface area contributed by atoms with Gasteiger partial charge in [0.2, 0.25) is 5.95 Å². The Morgan fingerprint density at radius 2 is 1.94 bits per heavy atom. The third-order valence-corrected chi connectivity index (χ3v) is 3.70. The summed E-state index contributed by atoms with van der Waals surface area (Å²) < 4.78 is 0. The number of hydrogen-bond acceptors (Lipinski definition) is 4. The molecule has 0 amide bonds. The summed E-state index contributed by atoms with van der Waals surface area (Å²) in [4.78, 5) is 4.19. The number of nitrogens with zero attached hydrogens (tertiary/aromatic N) is 3. The van der Waals surface area contributed by atoms with E-state index in [0.29, 0.717) is 0 Å². The maximum Gasteiger partial charge on any atom is 0.240 e. The summed E-state index contributed by atoms with van der Waals surface area (Å²) in [5.74, 6) is 0.232. The van der Waals surface area contributed by atoms with Crippen LogP contribution in [-0.4, -0.2) is 15.2 Å². The first-order valence-electron chi connectivity index (χ1n) is 6.25. The van der Waals surface area contributed by atoms with Crippen LogP contribution in [0.1, 0.15) is 28.8 Å². The smallest absolute Gasteiger partial charge is 0.240 e. The van der Waals surface area contributed by atoms with E-state index in [0.717, 1.165) is 17.0 Å². The lowest BCUT2D eigenvalue weighted by Crippen LogP contribution is -2.03. The maximum absolute atomic E-state index is 5.55. The maximum atomic E-state index is 5.55. The normalized spacial score (nSPS) is 13.7. The first-order valence-corrected chi connectivity index (χ1v) is 6.25. The van der Waals surface area contributed by atoms with E-state index < -0.39 is 0 Å². The Morgan fingerprint density at radius 1 is 1.11 bits per heavy atom. The highest BCUT2D eigenvalue weighted by Crippen LogP contribution is 2.32. The molecule has 0 fully saturated rings. The van der Waals surface area contributed by atoms with E-state index in [9.17, 15) is 0 Å². The van der Waals surface area contributed by atoms with Gasteiger partial charge in [-0.15, -0.1) is 10.2 Å². The molecular weight excluding hydrogens is 224 g/mol. The molecular formula is C14H16N4. The molecule has 0 unspecified atom stereocenters. The van der Waals surface area contributed by atoms with Crippen molar-refractivity contribution in [3.05, 3.63) is 34.5 Å². The highest BCUT2D eigenvalue weighted by molar-refractivity contribution is 5.68. The summed E-state index contributed by atoms with van der Waals surface area (Å²) in [5, 5.41) is 8.06. The summed E-state index contributed by atoms with van der Waals surface area (Å²) in [7, 11) is 0. The van der Waals surface area contributed by atoms with E-state index in [-0.39, 0.29) is 5.95 Å². The minimum atomic E-state index is 0.232. The predicted molar refractivity (Wildman–Crippen MR) is 71.2 cm³/mol. The molecule has 0 radical (unpaired) electrons. The summed E-state index contributed by atoms with van der Waals surface area (Å²) in [6.45, 7) is 4.09. The second-order valence-electron chi connectivity index (χ2n) is 4.83. The molecule has 18 heavy (non-hydrogen) atoms. The van der Waals surface area contributed by atoms with Crippen molar-refractivity contribution >= 4 is 5.95 Å². The Balaban J connectivity index is 2.18. The SMILES string of the molecule is Cc1nc(N)nnc1-c1ccc2c(c1C)CCC2. The zero-order valence-electron chi connectivity index (χ0n) is 10.7. The average Bonchev–Trinajstić information content (AvgIpc) is 2.80. The van der Waals surface area contributed by atoms with Gasteiger partial charge in [0.1, 0.15) is 5.69 Å². The van der Waals surface area contributed by atoms with E-state index in [1.54, 1.807) is 0 Å². The van der Waals surface area contributed by atoms with Crippen molar-refractivity contribution in [1.29, 1.82) is 0 Å². The predicted octanol–water partition coefficient (Wildman–Crippen LogP) is 2.23. The highest BCUT2D eigenvalue weighted by Gasteiger charge is 2.18. The topological polar surface area (TPSA) is 64.7 Å². The van der Waals surface area contributed by atoms with Gasteiger partial charge in [-0.1, -0.05) is 12.1 Å². The van der Waals surface area contributed by atoms with Gasteiger partial charge in [0.25, 0.3) is 0 Å². The van der Waals surface area contributed by atoms with Crippen LogP contribution < -0.4 is 5.73 Å². The second-order valence-corrected chi connectivity index (χ2v) is 4.83. The van der Waals surface area contributed by atoms with E-state index in [1.165, 1.54) is 36.0 Å². The standard InChI is InChI=1S/C14H16N4/c1-8-11-5-3-4-10(11)6-7-12(8)13-9(2)16-14(15)18-17-13/h6-7H,3-5H2,1-2H3,(H2,15,16,18). The molecule has 2 aromatic rings. The Bertz CT molecular complexity index is 619. The minimum absolute atomic E-state index is 0.232. The quantitative estimate of drug-likeness (QED) is 0.830. The van der Waals surface area contributed by atoms with Gasteiger partial charge in [-0.25, -0.2) is 4.98 Å². The second kappa shape index (κ2) is 4.05. The fraction of sp³-hybridized carbons (Fsp3) is 0.357. The summed E-state index contributed by atoms with van der Waals surface area (Å²) >= 11 is 0. The molecule has 0 bridgehead atoms. The number of fused-ring (bicyclic) bond motifs is 1. The first-order chi connectivity index (χ1) is 8.66. The van der Waals surface area contributed by atoms with E-state index in [2.05, 4.69) is 34.2 Å². The van der Waals surface area contributed by atoms with Crippen molar-refractivity contribution < 1.29 is 0 Å². The van der Waals surface area contributed by atoms with Crippen LogP contribution >= 0.6 is 0 Å². The van der Waals surface area contributed by atoms with Crippen molar-refractivity contribution in [2.75, 3.05) is 5.73 Å². The summed E-state index contributed by atoms with van der Waals surface area (Å²) in [6.07, 6.45) is 3.62. The highest BCUT2D eigenvalue weighted by atomic mass is 15.2. The van der Waals surface area contributed by atoms with Gasteiger partial charge in [-0.05, 0) is 49.8 Å². The lowest BCUT2D eigenvalue weighted by Gasteiger charge is -2.11. The van der Waals surface area contributed by atoms with Gasteiger partial charge in [-0.3, -0.25) is 0 Å². The molecule has 1 aromatic carbocycles. The molecule has 0 saturated carbocycles. The fourth-order valence-corrected chi connectivity index (χ4v) is 2.78. The van der Waals surface area contributed by atoms with Crippen LogP contribution in [0, 0.1) is 13.8 Å². The van der Waals surface area contributed by atoms with Crippen molar-refractivity contribution in [3.8, 4) is 11.3 Å². The molecule has 2 N–H and O–H groups in total. The number of nitrogens with two attached hydrogens (primary N) is 1. The number of rotatable bonds is 1. The van der Waals surface area contributed by atoms with Crippen LogP contribution in [0.4, 0.5) is 5.95 Å². The fourth-order valence-electron chi connectivity index (χ4n) is 2.78.